The molecule has 0 bridgehead atoms. The molecular formula is C18H23NO. The zero-order valence-corrected chi connectivity index (χ0v) is 12.4. The zero-order chi connectivity index (χ0) is 14.5. The van der Waals surface area contributed by atoms with E-state index < -0.39 is 0 Å². The highest BCUT2D eigenvalue weighted by atomic mass is 16.5. The minimum atomic E-state index is -0.128. The van der Waals surface area contributed by atoms with Gasteiger partial charge in [0.15, 0.2) is 0 Å². The molecule has 2 rings (SSSR count). The fourth-order valence-corrected chi connectivity index (χ4v) is 2.28. The Morgan fingerprint density at radius 1 is 0.850 bits per heavy atom. The fourth-order valence-electron chi connectivity index (χ4n) is 2.28. The van der Waals surface area contributed by atoms with E-state index in [1.807, 2.05) is 55.5 Å². The lowest BCUT2D eigenvalue weighted by atomic mass is 10.0. The van der Waals surface area contributed by atoms with Crippen molar-refractivity contribution in [3.63, 3.8) is 0 Å². The highest BCUT2D eigenvalue weighted by molar-refractivity contribution is 5.36. The van der Waals surface area contributed by atoms with Gasteiger partial charge in [0, 0.05) is 0 Å². The predicted molar refractivity (Wildman–Crippen MR) is 84.0 cm³/mol. The number of hydrogen-bond acceptors (Lipinski definition) is 2. The number of para-hydroxylation sites is 1. The van der Waals surface area contributed by atoms with Crippen molar-refractivity contribution in [2.45, 2.75) is 38.8 Å². The van der Waals surface area contributed by atoms with Crippen LogP contribution >= 0.6 is 0 Å². The first-order valence-electron chi connectivity index (χ1n) is 7.15. The van der Waals surface area contributed by atoms with Crippen molar-refractivity contribution < 1.29 is 4.74 Å². The Morgan fingerprint density at radius 2 is 1.45 bits per heavy atom. The molecule has 2 unspecified atom stereocenters. The van der Waals surface area contributed by atoms with Gasteiger partial charge in [-0.3, -0.25) is 0 Å². The van der Waals surface area contributed by atoms with Gasteiger partial charge in [0.1, 0.15) is 11.9 Å². The topological polar surface area (TPSA) is 35.2 Å². The minimum absolute atomic E-state index is 0.0719. The summed E-state index contributed by atoms with van der Waals surface area (Å²) in [5, 5.41) is 0. The van der Waals surface area contributed by atoms with Crippen LogP contribution in [-0.2, 0) is 0 Å². The number of ether oxygens (including phenoxy) is 1. The van der Waals surface area contributed by atoms with E-state index in [9.17, 15) is 0 Å². The van der Waals surface area contributed by atoms with Gasteiger partial charge in [0.05, 0.1) is 6.04 Å². The van der Waals surface area contributed by atoms with Crippen LogP contribution in [0.15, 0.2) is 54.6 Å². The van der Waals surface area contributed by atoms with Crippen molar-refractivity contribution in [1.82, 2.24) is 0 Å². The Balaban J connectivity index is 2.14. The number of benzene rings is 2. The van der Waals surface area contributed by atoms with Gasteiger partial charge >= 0.3 is 0 Å². The maximum atomic E-state index is 6.29. The second-order valence-electron chi connectivity index (χ2n) is 5.45. The van der Waals surface area contributed by atoms with Crippen LogP contribution in [0.1, 0.15) is 43.9 Å². The summed E-state index contributed by atoms with van der Waals surface area (Å²) in [4.78, 5) is 0. The molecule has 0 aromatic heterocycles. The van der Waals surface area contributed by atoms with Gasteiger partial charge in [-0.1, -0.05) is 62.4 Å². The Hall–Kier alpha value is -1.80. The fraction of sp³-hybridized carbons (Fsp3) is 0.333. The molecule has 0 amide bonds. The lowest BCUT2D eigenvalue weighted by molar-refractivity contribution is 0.188. The van der Waals surface area contributed by atoms with Crippen LogP contribution in [0.4, 0.5) is 0 Å². The monoisotopic (exact) mass is 269 g/mol. The molecule has 2 heteroatoms. The normalized spacial score (nSPS) is 14.1. The average Bonchev–Trinajstić information content (AvgIpc) is 2.47. The van der Waals surface area contributed by atoms with Crippen LogP contribution in [0.5, 0.6) is 5.75 Å². The number of rotatable bonds is 5. The Labute approximate surface area is 121 Å². The summed E-state index contributed by atoms with van der Waals surface area (Å²) >= 11 is 0. The first kappa shape index (κ1) is 14.6. The van der Waals surface area contributed by atoms with Crippen molar-refractivity contribution in [2.24, 2.45) is 5.73 Å². The molecule has 0 saturated carbocycles. The van der Waals surface area contributed by atoms with Crippen LogP contribution in [0.3, 0.4) is 0 Å². The third-order valence-electron chi connectivity index (χ3n) is 3.54. The second-order valence-corrected chi connectivity index (χ2v) is 5.45. The van der Waals surface area contributed by atoms with Crippen LogP contribution < -0.4 is 10.5 Å². The summed E-state index contributed by atoms with van der Waals surface area (Å²) < 4.78 is 6.10. The summed E-state index contributed by atoms with van der Waals surface area (Å²) in [5.74, 6) is 1.37. The maximum absolute atomic E-state index is 6.29. The molecule has 0 aliphatic carbocycles. The molecule has 0 saturated heterocycles. The van der Waals surface area contributed by atoms with Crippen LogP contribution in [-0.4, -0.2) is 6.10 Å². The molecule has 0 aliphatic heterocycles. The van der Waals surface area contributed by atoms with Gasteiger partial charge in [0.25, 0.3) is 0 Å². The van der Waals surface area contributed by atoms with Crippen molar-refractivity contribution in [3.05, 3.63) is 65.7 Å². The third kappa shape index (κ3) is 3.40. The van der Waals surface area contributed by atoms with Gasteiger partial charge in [-0.2, -0.15) is 0 Å². The van der Waals surface area contributed by atoms with E-state index in [1.54, 1.807) is 0 Å². The Kier molecular flexibility index (Phi) is 4.80. The van der Waals surface area contributed by atoms with E-state index in [-0.39, 0.29) is 12.1 Å². The molecule has 2 aromatic carbocycles. The van der Waals surface area contributed by atoms with E-state index in [0.29, 0.717) is 5.92 Å². The molecule has 2 N–H and O–H groups in total. The molecular weight excluding hydrogens is 246 g/mol. The van der Waals surface area contributed by atoms with Gasteiger partial charge in [-0.25, -0.2) is 0 Å². The highest BCUT2D eigenvalue weighted by Gasteiger charge is 2.18. The summed E-state index contributed by atoms with van der Waals surface area (Å²) in [7, 11) is 0. The van der Waals surface area contributed by atoms with E-state index in [1.165, 1.54) is 5.56 Å². The van der Waals surface area contributed by atoms with Gasteiger partial charge in [0.2, 0.25) is 0 Å². The molecule has 0 aliphatic rings. The molecule has 2 aromatic rings. The first-order chi connectivity index (χ1) is 9.59. The Bertz CT molecular complexity index is 536. The van der Waals surface area contributed by atoms with Crippen LogP contribution in [0.2, 0.25) is 0 Å². The van der Waals surface area contributed by atoms with Gasteiger partial charge < -0.3 is 10.5 Å². The van der Waals surface area contributed by atoms with Crippen molar-refractivity contribution in [1.29, 1.82) is 0 Å². The molecule has 0 heterocycles. The molecule has 106 valence electrons. The van der Waals surface area contributed by atoms with E-state index >= 15 is 0 Å². The SMILES string of the molecule is CC(C)c1ccccc1OC(C)C(N)c1ccccc1. The molecule has 20 heavy (non-hydrogen) atoms. The van der Waals surface area contributed by atoms with Gasteiger partial charge in [-0.15, -0.1) is 0 Å². The van der Waals surface area contributed by atoms with Crippen molar-refractivity contribution >= 4 is 0 Å². The highest BCUT2D eigenvalue weighted by Crippen LogP contribution is 2.28. The predicted octanol–water partition coefficient (Wildman–Crippen LogP) is 4.28. The molecule has 2 atom stereocenters. The average molecular weight is 269 g/mol. The summed E-state index contributed by atoms with van der Waals surface area (Å²) in [6.45, 7) is 6.36. The molecule has 0 spiro atoms. The standard InChI is InChI=1S/C18H23NO/c1-13(2)16-11-7-8-12-17(16)20-14(3)18(19)15-9-5-4-6-10-15/h4-14,18H,19H2,1-3H3. The number of nitrogens with two attached hydrogens (primary N) is 1. The van der Waals surface area contributed by atoms with Crippen LogP contribution in [0.25, 0.3) is 0 Å². The number of hydrogen-bond donors (Lipinski definition) is 1. The maximum Gasteiger partial charge on any atom is 0.123 e. The lowest BCUT2D eigenvalue weighted by Gasteiger charge is -2.24. The van der Waals surface area contributed by atoms with Crippen molar-refractivity contribution in [2.75, 3.05) is 0 Å². The van der Waals surface area contributed by atoms with E-state index in [4.69, 9.17) is 10.5 Å². The zero-order valence-electron chi connectivity index (χ0n) is 12.4. The summed E-state index contributed by atoms with van der Waals surface area (Å²) in [6.07, 6.45) is -0.0719. The van der Waals surface area contributed by atoms with Crippen LogP contribution in [0, 0.1) is 0 Å². The molecule has 0 fully saturated rings. The summed E-state index contributed by atoms with van der Waals surface area (Å²) in [6, 6.07) is 18.1. The quantitative estimate of drug-likeness (QED) is 0.879. The van der Waals surface area contributed by atoms with Gasteiger partial charge in [-0.05, 0) is 30.0 Å². The first-order valence-corrected chi connectivity index (χ1v) is 7.15. The smallest absolute Gasteiger partial charge is 0.123 e. The molecule has 0 radical (unpaired) electrons. The third-order valence-corrected chi connectivity index (χ3v) is 3.54. The molecule has 2 nitrogen and oxygen atoms in total. The minimum Gasteiger partial charge on any atom is -0.488 e. The lowest BCUT2D eigenvalue weighted by Crippen LogP contribution is -2.29. The van der Waals surface area contributed by atoms with E-state index in [0.717, 1.165) is 11.3 Å². The summed E-state index contributed by atoms with van der Waals surface area (Å²) in [5.41, 5.74) is 8.61. The second kappa shape index (κ2) is 6.58. The van der Waals surface area contributed by atoms with Crippen molar-refractivity contribution in [3.8, 4) is 5.75 Å². The van der Waals surface area contributed by atoms with E-state index in [2.05, 4.69) is 19.9 Å². The Morgan fingerprint density at radius 3 is 2.10 bits per heavy atom. The largest absolute Gasteiger partial charge is 0.488 e.